The number of rotatable bonds is 19. The molecule has 6 heterocycles. The Morgan fingerprint density at radius 2 is 0.638 bits per heavy atom. The number of nitrogens with zero attached hydrogens (tertiary/aromatic N) is 12. The van der Waals surface area contributed by atoms with Gasteiger partial charge in [-0.2, -0.15) is 0 Å². The molecule has 0 aromatic carbocycles. The second kappa shape index (κ2) is 18.8. The van der Waals surface area contributed by atoms with Crippen LogP contribution < -0.4 is 0 Å². The molecule has 0 N–H and O–H groups in total. The first-order valence-corrected chi connectivity index (χ1v) is 17.7. The molecule has 0 spiro atoms. The minimum absolute atomic E-state index is 0.108. The average Bonchev–Trinajstić information content (AvgIpc) is 3.20. The van der Waals surface area contributed by atoms with E-state index >= 15 is 0 Å². The number of aryl methyl sites for hydroxylation is 2. The largest absolute Gasteiger partial charge is 0.286 e. The fourth-order valence-corrected chi connectivity index (χ4v) is 6.14. The highest BCUT2D eigenvalue weighted by molar-refractivity contribution is 5.32. The zero-order valence-electron chi connectivity index (χ0n) is 30.7. The van der Waals surface area contributed by atoms with Crippen LogP contribution in [0.2, 0.25) is 0 Å². The summed E-state index contributed by atoms with van der Waals surface area (Å²) in [6, 6.07) is 22.0. The van der Waals surface area contributed by atoms with E-state index in [2.05, 4.69) is 19.9 Å². The van der Waals surface area contributed by atoms with Crippen LogP contribution in [0.4, 0.5) is 22.7 Å². The number of hydrogen-bond acceptors (Lipinski definition) is 16. The topological polar surface area (TPSA) is 256 Å². The van der Waals surface area contributed by atoms with Gasteiger partial charge in [-0.05, 0) is 37.1 Å². The van der Waals surface area contributed by atoms with Crippen molar-refractivity contribution >= 4 is 22.7 Å². The van der Waals surface area contributed by atoms with Crippen LogP contribution in [-0.2, 0) is 52.1 Å². The summed E-state index contributed by atoms with van der Waals surface area (Å²) in [5.41, 5.74) is 4.24. The van der Waals surface area contributed by atoms with E-state index in [0.717, 1.165) is 11.4 Å². The van der Waals surface area contributed by atoms with E-state index in [1.807, 2.05) is 46.2 Å². The van der Waals surface area contributed by atoms with E-state index in [4.69, 9.17) is 9.97 Å². The molecule has 0 aliphatic carbocycles. The quantitative estimate of drug-likeness (QED) is 0.0686. The van der Waals surface area contributed by atoms with E-state index < -0.39 is 19.7 Å². The molecule has 6 aromatic heterocycles. The van der Waals surface area contributed by atoms with Crippen molar-refractivity contribution in [2.45, 2.75) is 52.1 Å². The van der Waals surface area contributed by atoms with Gasteiger partial charge in [0, 0.05) is 124 Å². The summed E-state index contributed by atoms with van der Waals surface area (Å²) in [5, 5.41) is 45.7. The molecule has 0 unspecified atom stereocenters. The molecule has 294 valence electrons. The lowest BCUT2D eigenvalue weighted by molar-refractivity contribution is -0.385. The maximum Gasteiger partial charge on any atom is 0.272 e. The van der Waals surface area contributed by atoms with Crippen LogP contribution >= 0.6 is 0 Å². The van der Waals surface area contributed by atoms with Crippen molar-refractivity contribution in [3.63, 3.8) is 0 Å². The summed E-state index contributed by atoms with van der Waals surface area (Å²) in [5.74, 6) is 0. The van der Waals surface area contributed by atoms with Gasteiger partial charge in [0.25, 0.3) is 22.7 Å². The SMILES string of the molecule is O=[N+]([O-])c1ccnc(CN(Cc2cc([N+](=O)[O-])ccn2)Cc2cccc(CCc3cccc(CN(Cc4cc([N+](=O)[O-])ccn4)Cc4cc([N+](=O)[O-])ccn4)n3)n2)c1. The Labute approximate surface area is 329 Å². The Morgan fingerprint density at radius 3 is 0.914 bits per heavy atom. The van der Waals surface area contributed by atoms with Crippen LogP contribution in [0, 0.1) is 40.5 Å². The smallest absolute Gasteiger partial charge is 0.272 e. The van der Waals surface area contributed by atoms with Crippen molar-refractivity contribution in [2.75, 3.05) is 0 Å². The molecule has 58 heavy (non-hydrogen) atoms. The maximum atomic E-state index is 11.4. The van der Waals surface area contributed by atoms with E-state index in [9.17, 15) is 40.5 Å². The van der Waals surface area contributed by atoms with Gasteiger partial charge in [-0.1, -0.05) is 12.1 Å². The van der Waals surface area contributed by atoms with Crippen molar-refractivity contribution in [3.8, 4) is 0 Å². The van der Waals surface area contributed by atoms with Gasteiger partial charge in [-0.15, -0.1) is 0 Å². The minimum Gasteiger partial charge on any atom is -0.286 e. The van der Waals surface area contributed by atoms with Gasteiger partial charge < -0.3 is 0 Å². The van der Waals surface area contributed by atoms with Crippen LogP contribution in [0.25, 0.3) is 0 Å². The molecule has 0 saturated carbocycles. The van der Waals surface area contributed by atoms with Crippen molar-refractivity contribution in [3.05, 3.63) is 196 Å². The molecular formula is C38H34N12O8. The fourth-order valence-electron chi connectivity index (χ4n) is 6.14. The van der Waals surface area contributed by atoms with Crippen LogP contribution in [0.15, 0.2) is 110 Å². The molecule has 0 fully saturated rings. The normalized spacial score (nSPS) is 11.1. The first kappa shape index (κ1) is 40.1. The molecule has 0 bridgehead atoms. The Morgan fingerprint density at radius 1 is 0.379 bits per heavy atom. The number of nitro groups is 4. The molecule has 0 amide bonds. The second-order valence-electron chi connectivity index (χ2n) is 13.1. The Kier molecular flexibility index (Phi) is 13.0. The molecule has 0 aliphatic heterocycles. The number of aromatic nitrogens is 6. The predicted octanol–water partition coefficient (Wildman–Crippen LogP) is 5.88. The second-order valence-corrected chi connectivity index (χ2v) is 13.1. The van der Waals surface area contributed by atoms with Crippen LogP contribution in [0.1, 0.15) is 45.6 Å². The summed E-state index contributed by atoms with van der Waals surface area (Å²) in [4.78, 5) is 74.4. The minimum atomic E-state index is -0.501. The fraction of sp³-hybridized carbons (Fsp3) is 0.211. The third-order valence-corrected chi connectivity index (χ3v) is 8.72. The van der Waals surface area contributed by atoms with E-state index in [1.54, 1.807) is 0 Å². The summed E-state index contributed by atoms with van der Waals surface area (Å²) < 4.78 is 0. The third kappa shape index (κ3) is 11.5. The summed E-state index contributed by atoms with van der Waals surface area (Å²) in [7, 11) is 0. The summed E-state index contributed by atoms with van der Waals surface area (Å²) in [6.07, 6.45) is 6.50. The van der Waals surface area contributed by atoms with Gasteiger partial charge in [0.1, 0.15) is 0 Å². The molecule has 0 radical (unpaired) electrons. The first-order valence-electron chi connectivity index (χ1n) is 17.7. The standard InChI is InChI=1S/C38H34N12O8/c51-47(52)35-9-13-39-31(17-35)23-45(24-32-18-36(48(53)54)10-14-40-32)21-29-5-1-3-27(43-29)7-8-28-4-2-6-30(44-28)22-46(25-33-19-37(49(55)56)11-15-41-33)26-34-20-38(50(57)58)12-16-42-34/h1-6,9-20H,7-8,21-26H2. The lowest BCUT2D eigenvalue weighted by Crippen LogP contribution is -2.24. The van der Waals surface area contributed by atoms with Gasteiger partial charge in [-0.25, -0.2) is 0 Å². The zero-order valence-corrected chi connectivity index (χ0v) is 30.7. The molecule has 0 atom stereocenters. The van der Waals surface area contributed by atoms with Crippen LogP contribution in [0.5, 0.6) is 0 Å². The summed E-state index contributed by atoms with van der Waals surface area (Å²) >= 11 is 0. The van der Waals surface area contributed by atoms with Gasteiger partial charge in [0.2, 0.25) is 0 Å². The molecule has 6 aromatic rings. The lowest BCUT2D eigenvalue weighted by atomic mass is 10.1. The lowest BCUT2D eigenvalue weighted by Gasteiger charge is -2.22. The number of pyridine rings is 6. The van der Waals surface area contributed by atoms with Gasteiger partial charge in [-0.3, -0.25) is 80.2 Å². The zero-order chi connectivity index (χ0) is 41.0. The van der Waals surface area contributed by atoms with Crippen molar-refractivity contribution in [1.29, 1.82) is 0 Å². The Bertz CT molecular complexity index is 2170. The van der Waals surface area contributed by atoms with Crippen molar-refractivity contribution < 1.29 is 19.7 Å². The Hall–Kier alpha value is -7.58. The molecule has 20 heteroatoms. The van der Waals surface area contributed by atoms with Gasteiger partial charge in [0.05, 0.1) is 53.9 Å². The first-order chi connectivity index (χ1) is 28.0. The van der Waals surface area contributed by atoms with E-state index in [0.29, 0.717) is 47.0 Å². The highest BCUT2D eigenvalue weighted by atomic mass is 16.6. The maximum absolute atomic E-state index is 11.4. The van der Waals surface area contributed by atoms with Gasteiger partial charge >= 0.3 is 0 Å². The highest BCUT2D eigenvalue weighted by Gasteiger charge is 2.18. The van der Waals surface area contributed by atoms with Crippen molar-refractivity contribution in [1.82, 2.24) is 39.7 Å². The van der Waals surface area contributed by atoms with Crippen LogP contribution in [-0.4, -0.2) is 59.4 Å². The molecule has 0 saturated heterocycles. The highest BCUT2D eigenvalue weighted by Crippen LogP contribution is 2.20. The van der Waals surface area contributed by atoms with E-state index in [-0.39, 0.29) is 62.0 Å². The molecule has 0 aliphatic rings. The molecular weight excluding hydrogens is 752 g/mol. The molecule has 6 rings (SSSR count). The van der Waals surface area contributed by atoms with Crippen LogP contribution in [0.3, 0.4) is 0 Å². The summed E-state index contributed by atoms with van der Waals surface area (Å²) in [6.45, 7) is 1.29. The average molecular weight is 787 g/mol. The molecule has 20 nitrogen and oxygen atoms in total. The van der Waals surface area contributed by atoms with E-state index in [1.165, 1.54) is 73.3 Å². The Balaban J connectivity index is 1.16. The van der Waals surface area contributed by atoms with Gasteiger partial charge in [0.15, 0.2) is 0 Å². The monoisotopic (exact) mass is 786 g/mol. The van der Waals surface area contributed by atoms with Crippen molar-refractivity contribution in [2.24, 2.45) is 0 Å². The third-order valence-electron chi connectivity index (χ3n) is 8.72. The predicted molar refractivity (Wildman–Crippen MR) is 205 cm³/mol. The number of hydrogen-bond donors (Lipinski definition) is 0.